The highest BCUT2D eigenvalue weighted by Gasteiger charge is 2.69. The summed E-state index contributed by atoms with van der Waals surface area (Å²) in [7, 11) is 3.03. The quantitative estimate of drug-likeness (QED) is 0.376. The molecule has 4 rings (SSSR count). The van der Waals surface area contributed by atoms with Crippen molar-refractivity contribution in [1.82, 2.24) is 9.80 Å². The fourth-order valence-corrected chi connectivity index (χ4v) is 7.03. The van der Waals surface area contributed by atoms with Crippen LogP contribution in [0.25, 0.3) is 0 Å². The molecule has 11 heteroatoms. The van der Waals surface area contributed by atoms with E-state index in [-0.39, 0.29) is 36.1 Å². The van der Waals surface area contributed by atoms with Gasteiger partial charge in [-0.1, -0.05) is 20.3 Å². The molecule has 10 nitrogen and oxygen atoms in total. The molecule has 3 aliphatic rings. The zero-order chi connectivity index (χ0) is 29.7. The second kappa shape index (κ2) is 11.1. The van der Waals surface area contributed by atoms with Crippen LogP contribution < -0.4 is 5.73 Å². The number of amides is 1. The molecule has 4 N–H and O–H groups in total. The van der Waals surface area contributed by atoms with Crippen molar-refractivity contribution in [3.05, 3.63) is 28.6 Å². The maximum Gasteiger partial charge on any atom is 0.235 e. The van der Waals surface area contributed by atoms with Crippen LogP contribution in [0.3, 0.4) is 0 Å². The maximum atomic E-state index is 16.0. The summed E-state index contributed by atoms with van der Waals surface area (Å²) in [5.74, 6) is -12.2. The highest BCUT2D eigenvalue weighted by atomic mass is 19.1. The third-order valence-electron chi connectivity index (χ3n) is 8.83. The number of aliphatic hydroxyl groups is 1. The molecule has 0 aliphatic heterocycles. The summed E-state index contributed by atoms with van der Waals surface area (Å²) in [6.45, 7) is 5.81. The first-order valence-electron chi connectivity index (χ1n) is 13.9. The van der Waals surface area contributed by atoms with E-state index in [1.54, 1.807) is 0 Å². The first-order valence-corrected chi connectivity index (χ1v) is 13.9. The predicted octanol–water partition coefficient (Wildman–Crippen LogP) is 1.02. The van der Waals surface area contributed by atoms with Crippen LogP contribution in [-0.2, 0) is 32.1 Å². The smallest absolute Gasteiger partial charge is 0.235 e. The van der Waals surface area contributed by atoms with E-state index in [0.717, 1.165) is 32.4 Å². The number of fused-ring (bicyclic) bond motifs is 3. The van der Waals surface area contributed by atoms with Crippen molar-refractivity contribution in [2.24, 2.45) is 29.4 Å². The SMILES string of the molecule is CCCCN(CCC)Cc1cc(O)c2c(c1F)C[C@H]1C[C@H]3[C@H](N(C)C)C(=O)C(C(N)=O)C(=O)[C@@]3(O)C(=O)C1C2=O. The van der Waals surface area contributed by atoms with E-state index in [1.165, 1.54) is 25.1 Å². The van der Waals surface area contributed by atoms with Crippen molar-refractivity contribution in [3.8, 4) is 5.75 Å². The minimum Gasteiger partial charge on any atom is -0.507 e. The lowest BCUT2D eigenvalue weighted by molar-refractivity contribution is -0.181. The van der Waals surface area contributed by atoms with Gasteiger partial charge in [0.25, 0.3) is 0 Å². The fraction of sp³-hybridized carbons (Fsp3) is 0.621. The number of nitrogens with two attached hydrogens (primary N) is 1. The molecule has 0 heterocycles. The van der Waals surface area contributed by atoms with Gasteiger partial charge >= 0.3 is 0 Å². The molecule has 2 saturated carbocycles. The number of primary amides is 1. The number of benzene rings is 1. The Bertz CT molecular complexity index is 1260. The standard InChI is InChI=1S/C29H38FN3O7/c1-5-7-9-33(8-6-2)13-15-12-18(34)20-16(22(15)30)10-14-11-17-23(32(3)4)25(36)21(28(31)39)27(38)29(17,40)26(37)19(14)24(20)35/h12,14,17,19,21,23,34,40H,5-11,13H2,1-4H3,(H2,31,39)/t14-,17-,19?,21?,23-,29-/m0/s1. The molecule has 1 aromatic carbocycles. The van der Waals surface area contributed by atoms with Crippen LogP contribution in [0.2, 0.25) is 0 Å². The van der Waals surface area contributed by atoms with Crippen LogP contribution in [0.4, 0.5) is 4.39 Å². The summed E-state index contributed by atoms with van der Waals surface area (Å²) in [6.07, 6.45) is 2.54. The van der Waals surface area contributed by atoms with Gasteiger partial charge < -0.3 is 15.9 Å². The number of phenols is 1. The van der Waals surface area contributed by atoms with Gasteiger partial charge in [-0.2, -0.15) is 0 Å². The average molecular weight is 560 g/mol. The Morgan fingerprint density at radius 2 is 1.80 bits per heavy atom. The Hall–Kier alpha value is -3.02. The van der Waals surface area contributed by atoms with E-state index >= 15 is 4.39 Å². The summed E-state index contributed by atoms with van der Waals surface area (Å²) in [4.78, 5) is 69.5. The van der Waals surface area contributed by atoms with E-state index in [0.29, 0.717) is 0 Å². The first-order chi connectivity index (χ1) is 18.8. The van der Waals surface area contributed by atoms with Crippen molar-refractivity contribution < 1.29 is 38.6 Å². The summed E-state index contributed by atoms with van der Waals surface area (Å²) in [5.41, 5.74) is 2.43. The molecule has 40 heavy (non-hydrogen) atoms. The number of carbonyl (C=O) groups excluding carboxylic acids is 5. The lowest BCUT2D eigenvalue weighted by atomic mass is 9.52. The zero-order valence-corrected chi connectivity index (χ0v) is 23.4. The number of Topliss-reactive ketones (excluding diaryl/α,β-unsaturated/α-hetero) is 4. The van der Waals surface area contributed by atoms with Gasteiger partial charge in [-0.05, 0) is 64.9 Å². The van der Waals surface area contributed by atoms with E-state index in [9.17, 15) is 34.2 Å². The summed E-state index contributed by atoms with van der Waals surface area (Å²) in [5, 5.41) is 22.5. The Kier molecular flexibility index (Phi) is 8.31. The number of unbranched alkanes of at least 4 members (excludes halogenated alkanes) is 1. The summed E-state index contributed by atoms with van der Waals surface area (Å²) in [6, 6.07) is 0.00824. The molecule has 0 saturated heterocycles. The number of carbonyl (C=O) groups is 5. The van der Waals surface area contributed by atoms with Crippen molar-refractivity contribution in [1.29, 1.82) is 0 Å². The second-order valence-corrected chi connectivity index (χ2v) is 11.6. The van der Waals surface area contributed by atoms with Gasteiger partial charge in [0.15, 0.2) is 34.7 Å². The van der Waals surface area contributed by atoms with E-state index in [1.807, 2.05) is 6.92 Å². The number of phenolic OH excluding ortho intramolecular Hbond substituents is 1. The van der Waals surface area contributed by atoms with Crippen LogP contribution in [-0.4, -0.2) is 87.9 Å². The average Bonchev–Trinajstić information content (AvgIpc) is 2.87. The van der Waals surface area contributed by atoms with Crippen molar-refractivity contribution >= 4 is 29.0 Å². The van der Waals surface area contributed by atoms with Crippen LogP contribution in [0.1, 0.15) is 61.0 Å². The molecule has 0 bridgehead atoms. The Labute approximate surface area is 232 Å². The lowest BCUT2D eigenvalue weighted by Gasteiger charge is -2.52. The van der Waals surface area contributed by atoms with Crippen LogP contribution >= 0.6 is 0 Å². The molecule has 0 radical (unpaired) electrons. The highest BCUT2D eigenvalue weighted by Crippen LogP contribution is 2.51. The lowest BCUT2D eigenvalue weighted by Crippen LogP contribution is -2.74. The van der Waals surface area contributed by atoms with Crippen molar-refractivity contribution in [2.45, 2.75) is 64.1 Å². The fourth-order valence-electron chi connectivity index (χ4n) is 7.03. The number of aromatic hydroxyl groups is 1. The molecule has 2 unspecified atom stereocenters. The van der Waals surface area contributed by atoms with E-state index < -0.39 is 75.9 Å². The van der Waals surface area contributed by atoms with Crippen molar-refractivity contribution in [2.75, 3.05) is 27.2 Å². The van der Waals surface area contributed by atoms with Gasteiger partial charge in [0.1, 0.15) is 11.6 Å². The molecular formula is C29H38FN3O7. The third-order valence-corrected chi connectivity index (χ3v) is 8.83. The minimum atomic E-state index is -2.80. The number of ketones is 4. The number of hydrogen-bond donors (Lipinski definition) is 3. The Balaban J connectivity index is 1.77. The highest BCUT2D eigenvalue weighted by molar-refractivity contribution is 6.32. The van der Waals surface area contributed by atoms with Gasteiger partial charge in [0.05, 0.1) is 17.5 Å². The Morgan fingerprint density at radius 3 is 2.38 bits per heavy atom. The third kappa shape index (κ3) is 4.57. The topological polar surface area (TPSA) is 158 Å². The van der Waals surface area contributed by atoms with E-state index in [2.05, 4.69) is 11.8 Å². The molecule has 218 valence electrons. The molecule has 2 fully saturated rings. The Morgan fingerprint density at radius 1 is 1.12 bits per heavy atom. The molecule has 1 aromatic rings. The van der Waals surface area contributed by atoms with E-state index in [4.69, 9.17) is 5.73 Å². The normalized spacial score (nSPS) is 29.9. The maximum absolute atomic E-state index is 16.0. The zero-order valence-electron chi connectivity index (χ0n) is 23.4. The molecule has 6 atom stereocenters. The molecule has 1 amide bonds. The van der Waals surface area contributed by atoms with Crippen LogP contribution in [0.5, 0.6) is 5.75 Å². The number of halogens is 1. The monoisotopic (exact) mass is 559 g/mol. The van der Waals surface area contributed by atoms with Gasteiger partial charge in [-0.15, -0.1) is 0 Å². The molecular weight excluding hydrogens is 521 g/mol. The minimum absolute atomic E-state index is 0.00342. The largest absolute Gasteiger partial charge is 0.507 e. The molecule has 3 aliphatic carbocycles. The first kappa shape index (κ1) is 30.0. The summed E-state index contributed by atoms with van der Waals surface area (Å²) >= 11 is 0. The van der Waals surface area contributed by atoms with Crippen LogP contribution in [0, 0.1) is 29.5 Å². The van der Waals surface area contributed by atoms with Gasteiger partial charge in [0, 0.05) is 23.6 Å². The second-order valence-electron chi connectivity index (χ2n) is 11.6. The van der Waals surface area contributed by atoms with Crippen LogP contribution in [0.15, 0.2) is 6.07 Å². The van der Waals surface area contributed by atoms with Gasteiger partial charge in [-0.25, -0.2) is 4.39 Å². The number of rotatable bonds is 9. The predicted molar refractivity (Wildman–Crippen MR) is 142 cm³/mol. The number of likely N-dealkylation sites (N-methyl/N-ethyl adjacent to an activating group) is 1. The number of hydrogen-bond acceptors (Lipinski definition) is 9. The van der Waals surface area contributed by atoms with Gasteiger partial charge in [-0.3, -0.25) is 33.8 Å². The van der Waals surface area contributed by atoms with Gasteiger partial charge in [0.2, 0.25) is 5.91 Å². The summed E-state index contributed by atoms with van der Waals surface area (Å²) < 4.78 is 16.0. The van der Waals surface area contributed by atoms with Crippen molar-refractivity contribution in [3.63, 3.8) is 0 Å². The molecule has 0 aromatic heterocycles. The number of nitrogens with zero attached hydrogens (tertiary/aromatic N) is 2. The molecule has 0 spiro atoms.